The number of morpholine rings is 1. The standard InChI is InChI=1S/C30H31F4N5O3/c31-23-8-11-25(35)26(19-23)38-27(40)12-3-20-1-4-21(5-2-20)28(36-13-14-39-15-17-42-18-16-39)29(41)37-24-9-6-22(7-10-24)30(32,33)34/h1-12,19,28,36H,13-18,35H2,(H,37,41)(H,38,40)/b12-3+. The van der Waals surface area contributed by atoms with Crippen LogP contribution in [0.2, 0.25) is 0 Å². The highest BCUT2D eigenvalue weighted by Gasteiger charge is 2.30. The third kappa shape index (κ3) is 8.87. The Bertz CT molecular complexity index is 1390. The quantitative estimate of drug-likeness (QED) is 0.156. The first-order valence-corrected chi connectivity index (χ1v) is 13.2. The number of anilines is 3. The van der Waals surface area contributed by atoms with Crippen molar-refractivity contribution in [3.8, 4) is 0 Å². The molecule has 0 bridgehead atoms. The van der Waals surface area contributed by atoms with Gasteiger partial charge in [0, 0.05) is 37.9 Å². The van der Waals surface area contributed by atoms with Crippen molar-refractivity contribution in [3.05, 3.63) is 95.3 Å². The van der Waals surface area contributed by atoms with E-state index in [4.69, 9.17) is 10.5 Å². The Morgan fingerprint density at radius 2 is 1.67 bits per heavy atom. The molecule has 12 heteroatoms. The van der Waals surface area contributed by atoms with Crippen molar-refractivity contribution < 1.29 is 31.9 Å². The summed E-state index contributed by atoms with van der Waals surface area (Å²) >= 11 is 0. The molecule has 222 valence electrons. The molecule has 0 radical (unpaired) electrons. The van der Waals surface area contributed by atoms with Crippen LogP contribution in [-0.2, 0) is 20.5 Å². The van der Waals surface area contributed by atoms with E-state index in [1.807, 2.05) is 0 Å². The molecule has 1 heterocycles. The second-order valence-corrected chi connectivity index (χ2v) is 9.63. The maximum Gasteiger partial charge on any atom is 0.416 e. The van der Waals surface area contributed by atoms with Crippen LogP contribution in [-0.4, -0.2) is 56.1 Å². The number of nitrogens with zero attached hydrogens (tertiary/aromatic N) is 1. The second kappa shape index (κ2) is 14.1. The third-order valence-corrected chi connectivity index (χ3v) is 6.59. The lowest BCUT2D eigenvalue weighted by Crippen LogP contribution is -2.42. The molecule has 3 aromatic carbocycles. The molecule has 1 atom stereocenters. The zero-order valence-electron chi connectivity index (χ0n) is 22.6. The third-order valence-electron chi connectivity index (χ3n) is 6.59. The van der Waals surface area contributed by atoms with Crippen LogP contribution >= 0.6 is 0 Å². The van der Waals surface area contributed by atoms with Gasteiger partial charge in [-0.15, -0.1) is 0 Å². The van der Waals surface area contributed by atoms with E-state index in [1.165, 1.54) is 30.3 Å². The van der Waals surface area contributed by atoms with Crippen LogP contribution in [0.1, 0.15) is 22.7 Å². The normalized spacial score (nSPS) is 15.0. The van der Waals surface area contributed by atoms with Gasteiger partial charge in [-0.1, -0.05) is 24.3 Å². The van der Waals surface area contributed by atoms with E-state index < -0.39 is 35.4 Å². The first-order chi connectivity index (χ1) is 20.1. The van der Waals surface area contributed by atoms with Crippen molar-refractivity contribution in [1.82, 2.24) is 10.2 Å². The molecule has 0 aromatic heterocycles. The van der Waals surface area contributed by atoms with Crippen molar-refractivity contribution in [3.63, 3.8) is 0 Å². The summed E-state index contributed by atoms with van der Waals surface area (Å²) in [7, 11) is 0. The minimum absolute atomic E-state index is 0.157. The van der Waals surface area contributed by atoms with Crippen LogP contribution in [0, 0.1) is 5.82 Å². The van der Waals surface area contributed by atoms with E-state index in [1.54, 1.807) is 30.3 Å². The topological polar surface area (TPSA) is 109 Å². The number of ether oxygens (including phenoxy) is 1. The molecule has 1 saturated heterocycles. The van der Waals surface area contributed by atoms with E-state index in [0.29, 0.717) is 37.4 Å². The van der Waals surface area contributed by atoms with Crippen LogP contribution in [0.5, 0.6) is 0 Å². The SMILES string of the molecule is Nc1ccc(F)cc1NC(=O)/C=C/c1ccc(C(NCCN2CCOCC2)C(=O)Nc2ccc(C(F)(F)F)cc2)cc1. The van der Waals surface area contributed by atoms with Gasteiger partial charge in [-0.25, -0.2) is 4.39 Å². The first-order valence-electron chi connectivity index (χ1n) is 13.2. The van der Waals surface area contributed by atoms with E-state index in [-0.39, 0.29) is 17.1 Å². The summed E-state index contributed by atoms with van der Waals surface area (Å²) in [6.07, 6.45) is -1.65. The predicted molar refractivity (Wildman–Crippen MR) is 153 cm³/mol. The van der Waals surface area contributed by atoms with Crippen LogP contribution in [0.4, 0.5) is 34.6 Å². The number of nitrogen functional groups attached to an aromatic ring is 1. The number of amides is 2. The van der Waals surface area contributed by atoms with Crippen LogP contribution < -0.4 is 21.7 Å². The molecule has 1 aliphatic heterocycles. The lowest BCUT2D eigenvalue weighted by atomic mass is 10.0. The molecule has 1 unspecified atom stereocenters. The number of hydrogen-bond donors (Lipinski definition) is 4. The Kier molecular flexibility index (Phi) is 10.3. The van der Waals surface area contributed by atoms with Gasteiger partial charge < -0.3 is 26.4 Å². The van der Waals surface area contributed by atoms with Gasteiger partial charge in [0.15, 0.2) is 0 Å². The smallest absolute Gasteiger partial charge is 0.397 e. The van der Waals surface area contributed by atoms with Crippen molar-refractivity contribution in [2.45, 2.75) is 12.2 Å². The fraction of sp³-hybridized carbons (Fsp3) is 0.267. The largest absolute Gasteiger partial charge is 0.416 e. The Labute approximate surface area is 240 Å². The maximum atomic E-state index is 13.5. The number of halogens is 4. The molecule has 3 aromatic rings. The van der Waals surface area contributed by atoms with Gasteiger partial charge in [-0.3, -0.25) is 14.5 Å². The Hall–Kier alpha value is -4.26. The average Bonchev–Trinajstić information content (AvgIpc) is 2.97. The highest BCUT2D eigenvalue weighted by atomic mass is 19.4. The second-order valence-electron chi connectivity index (χ2n) is 9.63. The minimum Gasteiger partial charge on any atom is -0.397 e. The summed E-state index contributed by atoms with van der Waals surface area (Å²) in [6, 6.07) is 14.0. The summed E-state index contributed by atoms with van der Waals surface area (Å²) in [6.45, 7) is 4.01. The van der Waals surface area contributed by atoms with Gasteiger partial charge in [-0.05, 0) is 59.7 Å². The lowest BCUT2D eigenvalue weighted by molar-refractivity contribution is -0.137. The molecule has 1 aliphatic rings. The maximum absolute atomic E-state index is 13.5. The van der Waals surface area contributed by atoms with Gasteiger partial charge in [0.05, 0.1) is 30.2 Å². The Balaban J connectivity index is 1.43. The highest BCUT2D eigenvalue weighted by Crippen LogP contribution is 2.30. The molecule has 1 fully saturated rings. The van der Waals surface area contributed by atoms with Crippen LogP contribution in [0.25, 0.3) is 6.08 Å². The number of hydrogen-bond acceptors (Lipinski definition) is 6. The fourth-order valence-electron chi connectivity index (χ4n) is 4.29. The van der Waals surface area contributed by atoms with E-state index in [0.717, 1.165) is 31.3 Å². The molecular weight excluding hydrogens is 554 g/mol. The van der Waals surface area contributed by atoms with Gasteiger partial charge in [0.1, 0.15) is 11.9 Å². The van der Waals surface area contributed by atoms with E-state index >= 15 is 0 Å². The van der Waals surface area contributed by atoms with E-state index in [9.17, 15) is 27.2 Å². The summed E-state index contributed by atoms with van der Waals surface area (Å²) in [4.78, 5) is 27.8. The molecule has 42 heavy (non-hydrogen) atoms. The molecule has 2 amide bonds. The molecule has 0 spiro atoms. The molecule has 8 nitrogen and oxygen atoms in total. The lowest BCUT2D eigenvalue weighted by Gasteiger charge is -2.27. The molecule has 5 N–H and O–H groups in total. The van der Waals surface area contributed by atoms with Gasteiger partial charge >= 0.3 is 6.18 Å². The summed E-state index contributed by atoms with van der Waals surface area (Å²) in [5.41, 5.74) is 6.86. The van der Waals surface area contributed by atoms with Crippen LogP contribution in [0.15, 0.2) is 72.8 Å². The number of nitrogens with one attached hydrogen (secondary N) is 3. The number of rotatable bonds is 10. The highest BCUT2D eigenvalue weighted by molar-refractivity contribution is 6.03. The van der Waals surface area contributed by atoms with Gasteiger partial charge in [0.25, 0.3) is 0 Å². The summed E-state index contributed by atoms with van der Waals surface area (Å²) in [5.74, 6) is -1.48. The summed E-state index contributed by atoms with van der Waals surface area (Å²) < 4.78 is 57.6. The van der Waals surface area contributed by atoms with Crippen LogP contribution in [0.3, 0.4) is 0 Å². The van der Waals surface area contributed by atoms with Crippen molar-refractivity contribution in [2.75, 3.05) is 55.8 Å². The Morgan fingerprint density at radius 3 is 2.33 bits per heavy atom. The molecule has 0 aliphatic carbocycles. The molecule has 4 rings (SSSR count). The molecule has 0 saturated carbocycles. The molecular formula is C30H31F4N5O3. The zero-order valence-corrected chi connectivity index (χ0v) is 22.6. The zero-order chi connectivity index (χ0) is 30.1. The summed E-state index contributed by atoms with van der Waals surface area (Å²) in [5, 5.41) is 8.46. The number of carbonyl (C=O) groups is 2. The minimum atomic E-state index is -4.48. The van der Waals surface area contributed by atoms with Crippen molar-refractivity contribution >= 4 is 35.0 Å². The van der Waals surface area contributed by atoms with Crippen molar-refractivity contribution in [2.24, 2.45) is 0 Å². The number of carbonyl (C=O) groups excluding carboxylic acids is 2. The number of benzene rings is 3. The van der Waals surface area contributed by atoms with E-state index in [2.05, 4.69) is 20.9 Å². The average molecular weight is 586 g/mol. The number of nitrogens with two attached hydrogens (primary N) is 1. The monoisotopic (exact) mass is 585 g/mol. The first kappa shape index (κ1) is 30.7. The van der Waals surface area contributed by atoms with Crippen molar-refractivity contribution in [1.29, 1.82) is 0 Å². The van der Waals surface area contributed by atoms with Gasteiger partial charge in [-0.2, -0.15) is 13.2 Å². The predicted octanol–water partition coefficient (Wildman–Crippen LogP) is 4.68. The van der Waals surface area contributed by atoms with Gasteiger partial charge in [0.2, 0.25) is 11.8 Å². The fourth-order valence-corrected chi connectivity index (χ4v) is 4.29. The number of alkyl halides is 3. The Morgan fingerprint density at radius 1 is 0.976 bits per heavy atom.